The number of aliphatic carboxylic acids is 1. The number of hydrogen-bond donors (Lipinski definition) is 1. The van der Waals surface area contributed by atoms with Crippen LogP contribution in [0.5, 0.6) is 0 Å². The van der Waals surface area contributed by atoms with Gasteiger partial charge in [0.2, 0.25) is 0 Å². The summed E-state index contributed by atoms with van der Waals surface area (Å²) in [7, 11) is 0. The van der Waals surface area contributed by atoms with E-state index in [0.717, 1.165) is 31.3 Å². The molecule has 6 nitrogen and oxygen atoms in total. The van der Waals surface area contributed by atoms with Crippen molar-refractivity contribution in [2.45, 2.75) is 91.8 Å². The predicted molar refractivity (Wildman–Crippen MR) is 123 cm³/mol. The van der Waals surface area contributed by atoms with Gasteiger partial charge in [-0.15, -0.1) is 0 Å². The molecule has 6 heteroatoms. The average Bonchev–Trinajstić information content (AvgIpc) is 2.86. The van der Waals surface area contributed by atoms with Crippen molar-refractivity contribution in [1.82, 2.24) is 0 Å². The van der Waals surface area contributed by atoms with Crippen molar-refractivity contribution < 1.29 is 29.0 Å². The Kier molecular flexibility index (Phi) is 5.82. The summed E-state index contributed by atoms with van der Waals surface area (Å²) >= 11 is 0. The number of allylic oxidation sites excluding steroid dienone is 1. The average molecular weight is 459 g/mol. The molecule has 4 rings (SSSR count). The fourth-order valence-electron chi connectivity index (χ4n) is 8.48. The summed E-state index contributed by atoms with van der Waals surface area (Å²) in [5, 5.41) is 10.2. The van der Waals surface area contributed by atoms with Crippen LogP contribution in [0.3, 0.4) is 0 Å². The molecule has 0 saturated heterocycles. The van der Waals surface area contributed by atoms with E-state index in [0.29, 0.717) is 24.8 Å². The SMILES string of the molecule is C=C1[C@H]2CC[C@H]3[C@]4(C)CCC[C@@](C)(C(=O)O)[C@@H]4CC[C@@]3([C@H]1OC(=O)/C(C)=C\C)[C@H]2OC(C)=O. The Morgan fingerprint density at radius 2 is 1.73 bits per heavy atom. The standard InChI is InChI=1S/C27H38O6/c1-7-15(2)23(29)33-21-16(3)18-9-10-20-25(5)12-8-13-26(6,24(30)31)19(25)11-14-27(20,21)22(18)32-17(4)28/h7,18-22H,3,8-14H2,1-2,4-6H3,(H,30,31)/b15-7-/t18-,19-,20+,21+,22+,25-,26-,27-/m1/s1. The first-order valence-corrected chi connectivity index (χ1v) is 12.4. The molecule has 0 unspecified atom stereocenters. The molecule has 0 radical (unpaired) electrons. The number of ether oxygens (including phenoxy) is 2. The molecule has 0 amide bonds. The quantitative estimate of drug-likeness (QED) is 0.359. The highest BCUT2D eigenvalue weighted by Crippen LogP contribution is 2.73. The first-order chi connectivity index (χ1) is 15.4. The Labute approximate surface area is 196 Å². The largest absolute Gasteiger partial charge is 0.481 e. The fourth-order valence-corrected chi connectivity index (χ4v) is 8.48. The van der Waals surface area contributed by atoms with Gasteiger partial charge in [-0.2, -0.15) is 0 Å². The zero-order chi connectivity index (χ0) is 24.3. The van der Waals surface area contributed by atoms with E-state index in [1.165, 1.54) is 6.92 Å². The van der Waals surface area contributed by atoms with Crippen molar-refractivity contribution in [3.05, 3.63) is 23.8 Å². The van der Waals surface area contributed by atoms with Gasteiger partial charge in [-0.25, -0.2) is 4.79 Å². The zero-order valence-corrected chi connectivity index (χ0v) is 20.6. The molecule has 0 aromatic rings. The van der Waals surface area contributed by atoms with E-state index in [1.807, 2.05) is 13.8 Å². The summed E-state index contributed by atoms with van der Waals surface area (Å²) in [4.78, 5) is 37.5. The molecule has 1 spiro atoms. The van der Waals surface area contributed by atoms with E-state index >= 15 is 0 Å². The van der Waals surface area contributed by atoms with Crippen LogP contribution in [0, 0.1) is 34.0 Å². The molecule has 4 aliphatic rings. The predicted octanol–water partition coefficient (Wildman–Crippen LogP) is 5.07. The van der Waals surface area contributed by atoms with Crippen molar-refractivity contribution in [3.63, 3.8) is 0 Å². The second-order valence-corrected chi connectivity index (χ2v) is 11.4. The van der Waals surface area contributed by atoms with E-state index in [9.17, 15) is 19.5 Å². The highest BCUT2D eigenvalue weighted by Gasteiger charge is 2.73. The van der Waals surface area contributed by atoms with Crippen LogP contribution in [0.15, 0.2) is 23.8 Å². The minimum atomic E-state index is -0.772. The third-order valence-electron chi connectivity index (χ3n) is 10.0. The zero-order valence-electron chi connectivity index (χ0n) is 20.6. The van der Waals surface area contributed by atoms with Crippen molar-refractivity contribution in [2.75, 3.05) is 0 Å². The van der Waals surface area contributed by atoms with Crippen LogP contribution in [-0.2, 0) is 23.9 Å². The maximum absolute atomic E-state index is 12.9. The molecule has 8 atom stereocenters. The minimum Gasteiger partial charge on any atom is -0.481 e. The van der Waals surface area contributed by atoms with Gasteiger partial charge in [-0.05, 0) is 82.1 Å². The Bertz CT molecular complexity index is 920. The molecule has 4 saturated carbocycles. The van der Waals surface area contributed by atoms with E-state index in [1.54, 1.807) is 13.0 Å². The van der Waals surface area contributed by atoms with Gasteiger partial charge >= 0.3 is 17.9 Å². The fraction of sp³-hybridized carbons (Fsp3) is 0.741. The van der Waals surface area contributed by atoms with Gasteiger partial charge < -0.3 is 14.6 Å². The third kappa shape index (κ3) is 3.23. The Morgan fingerprint density at radius 1 is 1.03 bits per heavy atom. The topological polar surface area (TPSA) is 89.9 Å². The van der Waals surface area contributed by atoms with Gasteiger partial charge in [-0.1, -0.05) is 26.0 Å². The molecule has 33 heavy (non-hydrogen) atoms. The first kappa shape index (κ1) is 24.0. The van der Waals surface area contributed by atoms with Gasteiger partial charge in [0.25, 0.3) is 0 Å². The lowest BCUT2D eigenvalue weighted by Gasteiger charge is -2.64. The molecule has 182 valence electrons. The van der Waals surface area contributed by atoms with Crippen molar-refractivity contribution in [1.29, 1.82) is 0 Å². The van der Waals surface area contributed by atoms with Crippen LogP contribution in [0.2, 0.25) is 0 Å². The Morgan fingerprint density at radius 3 is 2.33 bits per heavy atom. The maximum atomic E-state index is 12.9. The smallest absolute Gasteiger partial charge is 0.333 e. The van der Waals surface area contributed by atoms with Gasteiger partial charge in [0.1, 0.15) is 12.2 Å². The second kappa shape index (κ2) is 7.99. The van der Waals surface area contributed by atoms with E-state index in [2.05, 4.69) is 13.5 Å². The molecular formula is C27H38O6. The molecule has 0 aliphatic heterocycles. The number of carboxylic acids is 1. The number of carbonyl (C=O) groups excluding carboxylic acids is 2. The third-order valence-corrected chi connectivity index (χ3v) is 10.0. The summed E-state index contributed by atoms with van der Waals surface area (Å²) in [6.45, 7) is 13.5. The Hall–Kier alpha value is -2.11. The van der Waals surface area contributed by atoms with Crippen LogP contribution in [0.1, 0.15) is 79.6 Å². The van der Waals surface area contributed by atoms with Crippen LogP contribution in [0.25, 0.3) is 0 Å². The normalized spacial score (nSPS) is 44.5. The molecule has 2 bridgehead atoms. The van der Waals surface area contributed by atoms with Gasteiger partial charge in [0.15, 0.2) is 0 Å². The Balaban J connectivity index is 1.83. The summed E-state index contributed by atoms with van der Waals surface area (Å²) in [6, 6.07) is 0. The number of rotatable bonds is 4. The second-order valence-electron chi connectivity index (χ2n) is 11.4. The molecule has 1 N–H and O–H groups in total. The van der Waals surface area contributed by atoms with E-state index < -0.39 is 22.9 Å². The van der Waals surface area contributed by atoms with Gasteiger partial charge in [0, 0.05) is 18.4 Å². The maximum Gasteiger partial charge on any atom is 0.333 e. The van der Waals surface area contributed by atoms with E-state index in [4.69, 9.17) is 9.47 Å². The molecule has 4 aliphatic carbocycles. The van der Waals surface area contributed by atoms with Crippen LogP contribution in [-0.4, -0.2) is 35.2 Å². The summed E-state index contributed by atoms with van der Waals surface area (Å²) in [6.07, 6.45) is 6.39. The lowest BCUT2D eigenvalue weighted by Crippen LogP contribution is -2.64. The first-order valence-electron chi connectivity index (χ1n) is 12.4. The van der Waals surface area contributed by atoms with Crippen LogP contribution < -0.4 is 0 Å². The minimum absolute atomic E-state index is 0.0314. The number of carboxylic acid groups (broad SMARTS) is 1. The highest BCUT2D eigenvalue weighted by atomic mass is 16.6. The molecule has 4 fully saturated rings. The number of hydrogen-bond acceptors (Lipinski definition) is 5. The molecule has 0 aromatic heterocycles. The number of esters is 2. The van der Waals surface area contributed by atoms with Gasteiger partial charge in [0.05, 0.1) is 10.8 Å². The van der Waals surface area contributed by atoms with Crippen LogP contribution >= 0.6 is 0 Å². The lowest BCUT2D eigenvalue weighted by atomic mass is 9.40. The summed E-state index contributed by atoms with van der Waals surface area (Å²) in [5.41, 5.74) is -0.182. The number of carbonyl (C=O) groups is 3. The van der Waals surface area contributed by atoms with E-state index in [-0.39, 0.29) is 41.2 Å². The van der Waals surface area contributed by atoms with Crippen molar-refractivity contribution in [3.8, 4) is 0 Å². The number of fused-ring (bicyclic) bond motifs is 3. The highest BCUT2D eigenvalue weighted by molar-refractivity contribution is 5.88. The van der Waals surface area contributed by atoms with Crippen molar-refractivity contribution >= 4 is 17.9 Å². The summed E-state index contributed by atoms with van der Waals surface area (Å²) in [5.74, 6) is -1.33. The van der Waals surface area contributed by atoms with Gasteiger partial charge in [-0.3, -0.25) is 9.59 Å². The molecule has 0 heterocycles. The summed E-state index contributed by atoms with van der Waals surface area (Å²) < 4.78 is 12.2. The monoisotopic (exact) mass is 458 g/mol. The molecule has 0 aromatic carbocycles. The van der Waals surface area contributed by atoms with Crippen molar-refractivity contribution in [2.24, 2.45) is 34.0 Å². The molecular weight excluding hydrogens is 420 g/mol. The lowest BCUT2D eigenvalue weighted by molar-refractivity contribution is -0.224. The van der Waals surface area contributed by atoms with Crippen LogP contribution in [0.4, 0.5) is 0 Å².